The summed E-state index contributed by atoms with van der Waals surface area (Å²) in [6.45, 7) is 3.86. The summed E-state index contributed by atoms with van der Waals surface area (Å²) in [7, 11) is 0. The fourth-order valence-corrected chi connectivity index (χ4v) is 1.75. The van der Waals surface area contributed by atoms with E-state index in [1.165, 1.54) is 24.3 Å². The fourth-order valence-electron chi connectivity index (χ4n) is 1.75. The van der Waals surface area contributed by atoms with Crippen LogP contribution in [0.3, 0.4) is 0 Å². The molecule has 0 bridgehead atoms. The quantitative estimate of drug-likeness (QED) is 0.776. The van der Waals surface area contributed by atoms with Crippen LogP contribution < -0.4 is 5.32 Å². The molecular weight excluding hydrogens is 245 g/mol. The van der Waals surface area contributed by atoms with E-state index in [1.54, 1.807) is 19.1 Å². The molecule has 0 fully saturated rings. The summed E-state index contributed by atoms with van der Waals surface area (Å²) < 4.78 is 12.9. The maximum Gasteiger partial charge on any atom is 0.244 e. The molecule has 3 nitrogen and oxygen atoms in total. The second kappa shape index (κ2) is 7.04. The van der Waals surface area contributed by atoms with Crippen molar-refractivity contribution < 1.29 is 14.3 Å². The van der Waals surface area contributed by atoms with Crippen molar-refractivity contribution >= 4 is 12.0 Å². The standard InChI is InChI=1S/C15H20FNO2/c1-3-9-15(2,19)11-17-14(18)8-7-12-5-4-6-13(16)10-12/h4-8,10,19H,3,9,11H2,1-2H3,(H,17,18)/b8-7+. The van der Waals surface area contributed by atoms with Crippen molar-refractivity contribution in [1.82, 2.24) is 5.32 Å². The minimum Gasteiger partial charge on any atom is -0.388 e. The highest BCUT2D eigenvalue weighted by Gasteiger charge is 2.18. The molecule has 0 aliphatic rings. The van der Waals surface area contributed by atoms with E-state index in [-0.39, 0.29) is 18.3 Å². The van der Waals surface area contributed by atoms with Crippen LogP contribution in [-0.4, -0.2) is 23.2 Å². The van der Waals surface area contributed by atoms with Gasteiger partial charge in [-0.25, -0.2) is 4.39 Å². The molecule has 0 heterocycles. The zero-order valence-electron chi connectivity index (χ0n) is 11.3. The third kappa shape index (κ3) is 6.15. The highest BCUT2D eigenvalue weighted by molar-refractivity contribution is 5.91. The lowest BCUT2D eigenvalue weighted by molar-refractivity contribution is -0.117. The Morgan fingerprint density at radius 1 is 1.53 bits per heavy atom. The van der Waals surface area contributed by atoms with E-state index in [9.17, 15) is 14.3 Å². The number of aliphatic hydroxyl groups is 1. The smallest absolute Gasteiger partial charge is 0.244 e. The molecule has 0 saturated carbocycles. The van der Waals surface area contributed by atoms with Crippen LogP contribution in [0.5, 0.6) is 0 Å². The van der Waals surface area contributed by atoms with Crippen LogP contribution in [0.15, 0.2) is 30.3 Å². The normalized spacial score (nSPS) is 14.3. The first kappa shape index (κ1) is 15.4. The van der Waals surface area contributed by atoms with Gasteiger partial charge in [0.1, 0.15) is 5.82 Å². The zero-order chi connectivity index (χ0) is 14.3. The number of rotatable bonds is 6. The van der Waals surface area contributed by atoms with Crippen molar-refractivity contribution in [3.63, 3.8) is 0 Å². The molecule has 0 radical (unpaired) electrons. The molecule has 4 heteroatoms. The maximum absolute atomic E-state index is 12.9. The zero-order valence-corrected chi connectivity index (χ0v) is 11.3. The van der Waals surface area contributed by atoms with Gasteiger partial charge in [0.05, 0.1) is 5.60 Å². The van der Waals surface area contributed by atoms with Crippen LogP contribution in [0.4, 0.5) is 4.39 Å². The van der Waals surface area contributed by atoms with Crippen LogP contribution in [0.2, 0.25) is 0 Å². The molecule has 1 amide bonds. The van der Waals surface area contributed by atoms with Crippen molar-refractivity contribution in [2.45, 2.75) is 32.3 Å². The Labute approximate surface area is 113 Å². The summed E-state index contributed by atoms with van der Waals surface area (Å²) in [6.07, 6.45) is 4.34. The summed E-state index contributed by atoms with van der Waals surface area (Å²) in [4.78, 5) is 11.5. The van der Waals surface area contributed by atoms with Gasteiger partial charge in [-0.2, -0.15) is 0 Å². The van der Waals surface area contributed by atoms with Gasteiger partial charge in [-0.1, -0.05) is 25.5 Å². The minimum absolute atomic E-state index is 0.202. The molecule has 0 saturated heterocycles. The Morgan fingerprint density at radius 3 is 2.89 bits per heavy atom. The van der Waals surface area contributed by atoms with Gasteiger partial charge in [0, 0.05) is 12.6 Å². The SMILES string of the molecule is CCCC(C)(O)CNC(=O)/C=C/c1cccc(F)c1. The summed E-state index contributed by atoms with van der Waals surface area (Å²) >= 11 is 0. The third-order valence-electron chi connectivity index (χ3n) is 2.71. The summed E-state index contributed by atoms with van der Waals surface area (Å²) in [5.74, 6) is -0.644. The van der Waals surface area contributed by atoms with Gasteiger partial charge in [0.15, 0.2) is 0 Å². The lowest BCUT2D eigenvalue weighted by atomic mass is 10.0. The van der Waals surface area contributed by atoms with Crippen LogP contribution >= 0.6 is 0 Å². The Hall–Kier alpha value is -1.68. The predicted octanol–water partition coefficient (Wildman–Crippen LogP) is 2.51. The molecule has 19 heavy (non-hydrogen) atoms. The summed E-state index contributed by atoms with van der Waals surface area (Å²) in [5, 5.41) is 12.5. The molecule has 0 spiro atoms. The molecule has 1 rings (SSSR count). The molecule has 104 valence electrons. The van der Waals surface area contributed by atoms with Gasteiger partial charge in [0.25, 0.3) is 0 Å². The monoisotopic (exact) mass is 265 g/mol. The van der Waals surface area contributed by atoms with E-state index >= 15 is 0 Å². The van der Waals surface area contributed by atoms with Crippen LogP contribution in [-0.2, 0) is 4.79 Å². The Morgan fingerprint density at radius 2 is 2.26 bits per heavy atom. The van der Waals surface area contributed by atoms with Gasteiger partial charge in [-0.05, 0) is 37.1 Å². The van der Waals surface area contributed by atoms with Gasteiger partial charge in [0.2, 0.25) is 5.91 Å². The summed E-state index contributed by atoms with van der Waals surface area (Å²) in [6, 6.07) is 5.98. The number of hydrogen-bond donors (Lipinski definition) is 2. The van der Waals surface area contributed by atoms with Gasteiger partial charge < -0.3 is 10.4 Å². The number of amides is 1. The fraction of sp³-hybridized carbons (Fsp3) is 0.400. The van der Waals surface area contributed by atoms with Gasteiger partial charge in [-0.15, -0.1) is 0 Å². The first-order valence-electron chi connectivity index (χ1n) is 6.37. The minimum atomic E-state index is -0.892. The Kier molecular flexibility index (Phi) is 5.70. The highest BCUT2D eigenvalue weighted by Crippen LogP contribution is 2.10. The molecule has 2 N–H and O–H groups in total. The second-order valence-electron chi connectivity index (χ2n) is 4.85. The van der Waals surface area contributed by atoms with E-state index in [1.807, 2.05) is 6.92 Å². The largest absolute Gasteiger partial charge is 0.388 e. The van der Waals surface area contributed by atoms with Crippen LogP contribution in [0, 0.1) is 5.82 Å². The number of nitrogens with one attached hydrogen (secondary N) is 1. The highest BCUT2D eigenvalue weighted by atomic mass is 19.1. The number of halogens is 1. The molecule has 0 aliphatic carbocycles. The lowest BCUT2D eigenvalue weighted by Crippen LogP contribution is -2.39. The Balaban J connectivity index is 2.47. The number of benzene rings is 1. The van der Waals surface area contributed by atoms with Gasteiger partial charge in [-0.3, -0.25) is 4.79 Å². The van der Waals surface area contributed by atoms with E-state index in [0.29, 0.717) is 12.0 Å². The Bertz CT molecular complexity index is 455. The molecule has 0 aliphatic heterocycles. The summed E-state index contributed by atoms with van der Waals surface area (Å²) in [5.41, 5.74) is -0.271. The van der Waals surface area contributed by atoms with Crippen LogP contribution in [0.1, 0.15) is 32.3 Å². The topological polar surface area (TPSA) is 49.3 Å². The molecule has 1 unspecified atom stereocenters. The van der Waals surface area contributed by atoms with Crippen molar-refractivity contribution in [3.05, 3.63) is 41.7 Å². The number of carbonyl (C=O) groups is 1. The number of carbonyl (C=O) groups excluding carboxylic acids is 1. The molecule has 1 aromatic rings. The number of hydrogen-bond acceptors (Lipinski definition) is 2. The molecule has 1 atom stereocenters. The van der Waals surface area contributed by atoms with E-state index in [0.717, 1.165) is 6.42 Å². The molecule has 0 aromatic heterocycles. The first-order chi connectivity index (χ1) is 8.93. The van der Waals surface area contributed by atoms with Crippen LogP contribution in [0.25, 0.3) is 6.08 Å². The molecule has 1 aromatic carbocycles. The van der Waals surface area contributed by atoms with Crippen molar-refractivity contribution in [2.24, 2.45) is 0 Å². The predicted molar refractivity (Wildman–Crippen MR) is 74.0 cm³/mol. The van der Waals surface area contributed by atoms with Crippen molar-refractivity contribution in [2.75, 3.05) is 6.54 Å². The van der Waals surface area contributed by atoms with Crippen molar-refractivity contribution in [3.8, 4) is 0 Å². The van der Waals surface area contributed by atoms with E-state index < -0.39 is 5.60 Å². The van der Waals surface area contributed by atoms with Crippen molar-refractivity contribution in [1.29, 1.82) is 0 Å². The first-order valence-corrected chi connectivity index (χ1v) is 6.37. The van der Waals surface area contributed by atoms with E-state index in [4.69, 9.17) is 0 Å². The third-order valence-corrected chi connectivity index (χ3v) is 2.71. The van der Waals surface area contributed by atoms with E-state index in [2.05, 4.69) is 5.32 Å². The molecular formula is C15H20FNO2. The average molecular weight is 265 g/mol. The van der Waals surface area contributed by atoms with Gasteiger partial charge >= 0.3 is 0 Å². The second-order valence-corrected chi connectivity index (χ2v) is 4.85. The average Bonchev–Trinajstić information content (AvgIpc) is 2.34. The maximum atomic E-state index is 12.9. The lowest BCUT2D eigenvalue weighted by Gasteiger charge is -2.22.